The first kappa shape index (κ1) is 18.9. The highest BCUT2D eigenvalue weighted by Gasteiger charge is 2.50. The van der Waals surface area contributed by atoms with E-state index in [1.165, 1.54) is 0 Å². The molecule has 0 aromatic heterocycles. The van der Waals surface area contributed by atoms with Crippen LogP contribution in [0.3, 0.4) is 0 Å². The fourth-order valence-corrected chi connectivity index (χ4v) is 2.55. The lowest BCUT2D eigenvalue weighted by molar-refractivity contribution is -0.350. The van der Waals surface area contributed by atoms with Crippen molar-refractivity contribution in [1.29, 1.82) is 0 Å². The van der Waals surface area contributed by atoms with E-state index >= 15 is 0 Å². The number of hydrogen-bond donors (Lipinski definition) is 7. The summed E-state index contributed by atoms with van der Waals surface area (Å²) in [4.78, 5) is 0. The molecule has 0 aromatic rings. The van der Waals surface area contributed by atoms with E-state index in [0.29, 0.717) is 0 Å². The molecule has 2 heterocycles. The van der Waals surface area contributed by atoms with Gasteiger partial charge in [-0.05, 0) is 0 Å². The molecule has 2 aliphatic rings. The molecule has 10 nitrogen and oxygen atoms in total. The Kier molecular flexibility index (Phi) is 6.24. The van der Waals surface area contributed by atoms with Crippen molar-refractivity contribution in [2.45, 2.75) is 61.5 Å². The number of alkyl halides is 1. The van der Waals surface area contributed by atoms with Gasteiger partial charge in [0, 0.05) is 0 Å². The Labute approximate surface area is 130 Å². The van der Waals surface area contributed by atoms with Crippen LogP contribution in [-0.4, -0.2) is 110 Å². The fraction of sp³-hybridized carbons (Fsp3) is 1.00. The van der Waals surface area contributed by atoms with Crippen LogP contribution in [0.25, 0.3) is 0 Å². The monoisotopic (exact) mass is 343 g/mol. The average Bonchev–Trinajstić information content (AvgIpc) is 2.55. The van der Waals surface area contributed by atoms with E-state index in [1.807, 2.05) is 0 Å². The third kappa shape index (κ3) is 3.64. The molecular formula is C12H21FO10. The molecule has 0 saturated carbocycles. The molecule has 0 radical (unpaired) electrons. The van der Waals surface area contributed by atoms with Crippen LogP contribution in [0.4, 0.5) is 4.39 Å². The maximum absolute atomic E-state index is 13.6. The zero-order valence-electron chi connectivity index (χ0n) is 11.9. The third-order valence-corrected chi connectivity index (χ3v) is 3.94. The topological polar surface area (TPSA) is 169 Å². The van der Waals surface area contributed by atoms with Crippen molar-refractivity contribution in [2.75, 3.05) is 13.2 Å². The molecule has 23 heavy (non-hydrogen) atoms. The summed E-state index contributed by atoms with van der Waals surface area (Å²) in [7, 11) is 0. The number of aliphatic hydroxyl groups is 7. The third-order valence-electron chi connectivity index (χ3n) is 3.94. The van der Waals surface area contributed by atoms with Crippen LogP contribution >= 0.6 is 0 Å². The van der Waals surface area contributed by atoms with Gasteiger partial charge in [-0.15, -0.1) is 0 Å². The average molecular weight is 343 g/mol. The van der Waals surface area contributed by atoms with E-state index < -0.39 is 74.7 Å². The first-order valence-electron chi connectivity index (χ1n) is 7.04. The van der Waals surface area contributed by atoms with Gasteiger partial charge in [-0.1, -0.05) is 0 Å². The largest absolute Gasteiger partial charge is 0.394 e. The van der Waals surface area contributed by atoms with Crippen LogP contribution in [0, 0.1) is 0 Å². The van der Waals surface area contributed by atoms with Crippen molar-refractivity contribution in [2.24, 2.45) is 0 Å². The minimum absolute atomic E-state index is 0.692. The Bertz CT molecular complexity index is 383. The molecule has 2 rings (SSSR count). The summed E-state index contributed by atoms with van der Waals surface area (Å²) in [6, 6.07) is 0. The van der Waals surface area contributed by atoms with E-state index in [2.05, 4.69) is 0 Å². The second-order valence-electron chi connectivity index (χ2n) is 5.48. The number of aliphatic hydroxyl groups excluding tert-OH is 7. The van der Waals surface area contributed by atoms with Gasteiger partial charge >= 0.3 is 0 Å². The zero-order chi connectivity index (χ0) is 17.3. The Morgan fingerprint density at radius 2 is 1.39 bits per heavy atom. The predicted molar refractivity (Wildman–Crippen MR) is 67.5 cm³/mol. The van der Waals surface area contributed by atoms with Gasteiger partial charge in [0.25, 0.3) is 0 Å². The second-order valence-corrected chi connectivity index (χ2v) is 5.48. The van der Waals surface area contributed by atoms with Gasteiger partial charge in [-0.3, -0.25) is 0 Å². The summed E-state index contributed by atoms with van der Waals surface area (Å²) >= 11 is 0. The first-order chi connectivity index (χ1) is 10.8. The van der Waals surface area contributed by atoms with E-state index in [9.17, 15) is 35.0 Å². The molecule has 0 aromatic carbocycles. The zero-order valence-corrected chi connectivity index (χ0v) is 11.9. The minimum Gasteiger partial charge on any atom is -0.394 e. The highest BCUT2D eigenvalue weighted by atomic mass is 18.2. The van der Waals surface area contributed by atoms with Crippen LogP contribution in [0.5, 0.6) is 0 Å². The molecule has 7 N–H and O–H groups in total. The smallest absolute Gasteiger partial charge is 0.189 e. The first-order valence-corrected chi connectivity index (χ1v) is 7.04. The molecular weight excluding hydrogens is 322 g/mol. The Balaban J connectivity index is 2.11. The summed E-state index contributed by atoms with van der Waals surface area (Å²) in [6.07, 6.45) is -16.9. The van der Waals surface area contributed by atoms with Crippen molar-refractivity contribution in [3.63, 3.8) is 0 Å². The molecule has 10 atom stereocenters. The second kappa shape index (κ2) is 7.61. The molecule has 11 heteroatoms. The van der Waals surface area contributed by atoms with Gasteiger partial charge in [-0.25, -0.2) is 4.39 Å². The number of halogens is 1. The summed E-state index contributed by atoms with van der Waals surface area (Å²) in [5.41, 5.74) is 0. The van der Waals surface area contributed by atoms with E-state index in [1.54, 1.807) is 0 Å². The summed E-state index contributed by atoms with van der Waals surface area (Å²) < 4.78 is 28.7. The van der Waals surface area contributed by atoms with Crippen LogP contribution in [0.2, 0.25) is 0 Å². The molecule has 2 fully saturated rings. The molecule has 2 aliphatic heterocycles. The Morgan fingerprint density at radius 1 is 0.783 bits per heavy atom. The van der Waals surface area contributed by atoms with Crippen LogP contribution in [0.1, 0.15) is 0 Å². The normalized spacial score (nSPS) is 51.7. The highest BCUT2D eigenvalue weighted by Crippen LogP contribution is 2.29. The van der Waals surface area contributed by atoms with E-state index in [-0.39, 0.29) is 0 Å². The lowest BCUT2D eigenvalue weighted by Crippen LogP contribution is -2.63. The summed E-state index contributed by atoms with van der Waals surface area (Å²) in [5.74, 6) is 0. The van der Waals surface area contributed by atoms with Gasteiger partial charge in [0.2, 0.25) is 0 Å². The fourth-order valence-electron chi connectivity index (χ4n) is 2.55. The lowest BCUT2D eigenvalue weighted by atomic mass is 9.97. The van der Waals surface area contributed by atoms with Gasteiger partial charge in [0.05, 0.1) is 13.2 Å². The van der Waals surface area contributed by atoms with Crippen molar-refractivity contribution in [3.05, 3.63) is 0 Å². The molecule has 0 amide bonds. The summed E-state index contributed by atoms with van der Waals surface area (Å²) in [5, 5.41) is 66.5. The number of hydrogen-bond acceptors (Lipinski definition) is 10. The quantitative estimate of drug-likeness (QED) is 0.264. The predicted octanol–water partition coefficient (Wildman–Crippen LogP) is -4.42. The lowest BCUT2D eigenvalue weighted by Gasteiger charge is -2.44. The minimum atomic E-state index is -2.23. The Morgan fingerprint density at radius 3 is 1.96 bits per heavy atom. The van der Waals surface area contributed by atoms with Gasteiger partial charge in [0.1, 0.15) is 42.7 Å². The molecule has 0 spiro atoms. The number of ether oxygens (including phenoxy) is 3. The molecule has 0 unspecified atom stereocenters. The van der Waals surface area contributed by atoms with Gasteiger partial charge in [-0.2, -0.15) is 0 Å². The molecule has 136 valence electrons. The van der Waals surface area contributed by atoms with Crippen molar-refractivity contribution < 1.29 is 54.3 Å². The van der Waals surface area contributed by atoms with Crippen LogP contribution in [0.15, 0.2) is 0 Å². The van der Waals surface area contributed by atoms with Crippen molar-refractivity contribution in [1.82, 2.24) is 0 Å². The number of rotatable bonds is 4. The summed E-state index contributed by atoms with van der Waals surface area (Å²) in [6.45, 7) is -1.43. The van der Waals surface area contributed by atoms with E-state index in [0.717, 1.165) is 0 Å². The maximum Gasteiger partial charge on any atom is 0.189 e. The molecule has 0 aliphatic carbocycles. The van der Waals surface area contributed by atoms with Gasteiger partial charge < -0.3 is 50.0 Å². The van der Waals surface area contributed by atoms with Crippen molar-refractivity contribution >= 4 is 0 Å². The molecule has 2 saturated heterocycles. The van der Waals surface area contributed by atoms with Gasteiger partial charge in [0.15, 0.2) is 18.8 Å². The maximum atomic E-state index is 13.6. The van der Waals surface area contributed by atoms with Crippen LogP contribution in [-0.2, 0) is 14.2 Å². The standard InChI is InChI=1S/C12H21FO10/c13-5-7(17)10(4(2-15)21-11(5)20)23-12-9(19)8(18)6(16)3(1-14)22-12/h3-12,14-20H,1-2H2/t3-,4-,5-,6+,7-,8+,9-,10-,11-,12+/m1/s1/i13-1. The molecule has 0 bridgehead atoms. The highest BCUT2D eigenvalue weighted by molar-refractivity contribution is 4.93. The van der Waals surface area contributed by atoms with E-state index in [4.69, 9.17) is 19.3 Å². The van der Waals surface area contributed by atoms with Crippen LogP contribution < -0.4 is 0 Å². The SMILES string of the molecule is OC[C@H]1O[C@@H](O[C@H]2[C@H](O)[C@@H]([18F])[C@H](O)O[C@@H]2CO)[C@H](O)[C@@H](O)[C@H]1O. The Hall–Kier alpha value is -0.470. The van der Waals surface area contributed by atoms with Crippen molar-refractivity contribution in [3.8, 4) is 0 Å².